The van der Waals surface area contributed by atoms with Crippen LogP contribution in [0.5, 0.6) is 11.5 Å². The van der Waals surface area contributed by atoms with Gasteiger partial charge < -0.3 is 15.2 Å². The quantitative estimate of drug-likeness (QED) is 0.497. The normalized spacial score (nSPS) is 16.4. The first-order valence-electron chi connectivity index (χ1n) is 9.72. The fourth-order valence-electron chi connectivity index (χ4n) is 4.25. The van der Waals surface area contributed by atoms with E-state index in [-0.39, 0.29) is 18.3 Å². The SMILES string of the molecule is CN=CC(=CN)c1c(OC)cc2ncc3c4c2c1OCC(c1cccs1)n4c(=O)n3C. The second kappa shape index (κ2) is 7.28. The van der Waals surface area contributed by atoms with Gasteiger partial charge in [-0.2, -0.15) is 0 Å². The Hall–Kier alpha value is -3.59. The number of pyridine rings is 1. The summed E-state index contributed by atoms with van der Waals surface area (Å²) in [4.78, 5) is 23.1. The highest BCUT2D eigenvalue weighted by Crippen LogP contribution is 2.45. The number of nitrogens with two attached hydrogens (primary N) is 1. The van der Waals surface area contributed by atoms with Gasteiger partial charge in [0, 0.05) is 43.0 Å². The van der Waals surface area contributed by atoms with Crippen molar-refractivity contribution in [2.75, 3.05) is 20.8 Å². The summed E-state index contributed by atoms with van der Waals surface area (Å²) in [5.41, 5.74) is 9.39. The van der Waals surface area contributed by atoms with Crippen molar-refractivity contribution < 1.29 is 9.47 Å². The van der Waals surface area contributed by atoms with Crippen molar-refractivity contribution in [1.82, 2.24) is 14.1 Å². The van der Waals surface area contributed by atoms with E-state index in [0.717, 1.165) is 21.3 Å². The van der Waals surface area contributed by atoms with E-state index in [1.807, 2.05) is 28.1 Å². The number of benzene rings is 1. The van der Waals surface area contributed by atoms with Crippen molar-refractivity contribution in [2.24, 2.45) is 17.8 Å². The van der Waals surface area contributed by atoms with Gasteiger partial charge in [-0.25, -0.2) is 4.79 Å². The van der Waals surface area contributed by atoms with Crippen LogP contribution in [-0.2, 0) is 7.05 Å². The molecule has 1 aromatic carbocycles. The summed E-state index contributed by atoms with van der Waals surface area (Å²) in [6, 6.07) is 5.58. The van der Waals surface area contributed by atoms with Crippen LogP contribution in [-0.4, -0.2) is 41.1 Å². The molecule has 1 atom stereocenters. The molecule has 158 valence electrons. The molecular formula is C22H21N5O3S. The van der Waals surface area contributed by atoms with Gasteiger partial charge in [0.2, 0.25) is 0 Å². The molecule has 0 aliphatic carbocycles. The first-order chi connectivity index (χ1) is 15.1. The van der Waals surface area contributed by atoms with Crippen LogP contribution in [0.1, 0.15) is 16.5 Å². The van der Waals surface area contributed by atoms with E-state index in [1.54, 1.807) is 49.5 Å². The van der Waals surface area contributed by atoms with Gasteiger partial charge in [-0.15, -0.1) is 11.3 Å². The van der Waals surface area contributed by atoms with Gasteiger partial charge in [0.1, 0.15) is 24.1 Å². The van der Waals surface area contributed by atoms with Gasteiger partial charge in [0.05, 0.1) is 40.8 Å². The Balaban J connectivity index is 1.97. The Labute approximate surface area is 181 Å². The van der Waals surface area contributed by atoms with Crippen LogP contribution in [0.15, 0.2) is 45.8 Å². The first-order valence-corrected chi connectivity index (χ1v) is 10.6. The predicted molar refractivity (Wildman–Crippen MR) is 124 cm³/mol. The van der Waals surface area contributed by atoms with Crippen molar-refractivity contribution in [3.05, 3.63) is 56.9 Å². The lowest BCUT2D eigenvalue weighted by molar-refractivity contribution is 0.278. The van der Waals surface area contributed by atoms with Gasteiger partial charge >= 0.3 is 5.69 Å². The number of allylic oxidation sites excluding steroid dienone is 1. The van der Waals surface area contributed by atoms with Crippen LogP contribution in [0.25, 0.3) is 27.5 Å². The molecule has 1 unspecified atom stereocenters. The molecule has 1 aliphatic heterocycles. The molecule has 0 amide bonds. The molecule has 0 saturated heterocycles. The molecule has 0 fully saturated rings. The van der Waals surface area contributed by atoms with E-state index in [0.29, 0.717) is 28.2 Å². The third-order valence-electron chi connectivity index (χ3n) is 5.65. The molecular weight excluding hydrogens is 414 g/mol. The summed E-state index contributed by atoms with van der Waals surface area (Å²) in [6.45, 7) is 0.282. The molecule has 0 bridgehead atoms. The summed E-state index contributed by atoms with van der Waals surface area (Å²) in [5, 5.41) is 2.76. The van der Waals surface area contributed by atoms with Gasteiger partial charge in [-0.1, -0.05) is 6.07 Å². The summed E-state index contributed by atoms with van der Waals surface area (Å²) in [5.74, 6) is 1.16. The minimum atomic E-state index is -0.266. The van der Waals surface area contributed by atoms with Gasteiger partial charge in [0.25, 0.3) is 0 Å². The zero-order valence-electron chi connectivity index (χ0n) is 17.3. The summed E-state index contributed by atoms with van der Waals surface area (Å²) in [6.07, 6.45) is 4.86. The minimum Gasteiger partial charge on any atom is -0.496 e. The Kier molecular flexibility index (Phi) is 4.55. The molecule has 0 radical (unpaired) electrons. The monoisotopic (exact) mass is 435 g/mol. The van der Waals surface area contributed by atoms with Gasteiger partial charge in [0.15, 0.2) is 0 Å². The maximum absolute atomic E-state index is 13.3. The topological polar surface area (TPSA) is 96.7 Å². The minimum absolute atomic E-state index is 0.110. The zero-order chi connectivity index (χ0) is 21.7. The fraction of sp³-hybridized carbons (Fsp3) is 0.227. The third kappa shape index (κ3) is 2.70. The van der Waals surface area contributed by atoms with E-state index >= 15 is 0 Å². The number of nitrogens with zero attached hydrogens (tertiary/aromatic N) is 4. The Morgan fingerprint density at radius 2 is 2.32 bits per heavy atom. The van der Waals surface area contributed by atoms with Crippen molar-refractivity contribution in [2.45, 2.75) is 6.04 Å². The van der Waals surface area contributed by atoms with Gasteiger partial charge in [-0.3, -0.25) is 19.1 Å². The molecule has 31 heavy (non-hydrogen) atoms. The molecule has 9 heteroatoms. The number of ether oxygens (including phenoxy) is 2. The molecule has 1 aliphatic rings. The molecule has 0 saturated carbocycles. The third-order valence-corrected chi connectivity index (χ3v) is 6.62. The molecule has 8 nitrogen and oxygen atoms in total. The Bertz CT molecular complexity index is 1430. The van der Waals surface area contributed by atoms with E-state index in [2.05, 4.69) is 9.98 Å². The number of aromatic nitrogens is 3. The van der Waals surface area contributed by atoms with E-state index in [4.69, 9.17) is 15.2 Å². The number of aliphatic imine (C=N–C) groups is 1. The molecule has 0 spiro atoms. The second-order valence-electron chi connectivity index (χ2n) is 7.23. The highest BCUT2D eigenvalue weighted by Gasteiger charge is 2.31. The van der Waals surface area contributed by atoms with E-state index < -0.39 is 0 Å². The van der Waals surface area contributed by atoms with Crippen LogP contribution in [0.2, 0.25) is 0 Å². The molecule has 4 heterocycles. The highest BCUT2D eigenvalue weighted by atomic mass is 32.1. The Morgan fingerprint density at radius 3 is 3.00 bits per heavy atom. The van der Waals surface area contributed by atoms with Crippen molar-refractivity contribution in [3.8, 4) is 11.5 Å². The number of aryl methyl sites for hydroxylation is 1. The lowest BCUT2D eigenvalue weighted by Crippen LogP contribution is -2.29. The van der Waals surface area contributed by atoms with Crippen molar-refractivity contribution in [3.63, 3.8) is 0 Å². The number of thiophene rings is 1. The summed E-state index contributed by atoms with van der Waals surface area (Å²) < 4.78 is 15.5. The predicted octanol–water partition coefficient (Wildman–Crippen LogP) is 2.94. The Morgan fingerprint density at radius 1 is 1.48 bits per heavy atom. The standard InChI is InChI=1S/C22H21N5O3S/c1-24-9-12(8-23)18-16(29-3)7-13-19-20-14(10-25-13)26(2)22(28)27(20)15(11-30-21(18)19)17-5-4-6-31-17/h4-10,15H,11,23H2,1-3H3. The summed E-state index contributed by atoms with van der Waals surface area (Å²) >= 11 is 1.60. The largest absolute Gasteiger partial charge is 0.496 e. The lowest BCUT2D eigenvalue weighted by atomic mass is 10.0. The van der Waals surface area contributed by atoms with Gasteiger partial charge in [-0.05, 0) is 11.4 Å². The van der Waals surface area contributed by atoms with Crippen LogP contribution in [0.3, 0.4) is 0 Å². The molecule has 4 aromatic rings. The van der Waals surface area contributed by atoms with Crippen LogP contribution >= 0.6 is 11.3 Å². The second-order valence-corrected chi connectivity index (χ2v) is 8.21. The van der Waals surface area contributed by atoms with Crippen molar-refractivity contribution in [1.29, 1.82) is 0 Å². The number of rotatable bonds is 4. The van der Waals surface area contributed by atoms with Crippen molar-refractivity contribution >= 4 is 45.1 Å². The maximum Gasteiger partial charge on any atom is 0.329 e. The molecule has 2 N–H and O–H groups in total. The number of imidazole rings is 1. The average molecular weight is 436 g/mol. The lowest BCUT2D eigenvalue weighted by Gasteiger charge is -2.18. The van der Waals surface area contributed by atoms with Crippen LogP contribution < -0.4 is 20.9 Å². The van der Waals surface area contributed by atoms with Crippen LogP contribution in [0, 0.1) is 0 Å². The van der Waals surface area contributed by atoms with Crippen LogP contribution in [0.4, 0.5) is 0 Å². The zero-order valence-corrected chi connectivity index (χ0v) is 18.1. The number of methoxy groups -OCH3 is 1. The molecule has 3 aromatic heterocycles. The average Bonchev–Trinajstić information content (AvgIpc) is 3.35. The summed E-state index contributed by atoms with van der Waals surface area (Å²) in [7, 11) is 5.04. The highest BCUT2D eigenvalue weighted by molar-refractivity contribution is 7.10. The molecule has 5 rings (SSSR count). The smallest absolute Gasteiger partial charge is 0.329 e. The maximum atomic E-state index is 13.3. The van der Waals surface area contributed by atoms with E-state index in [9.17, 15) is 4.79 Å². The fourth-order valence-corrected chi connectivity index (χ4v) is 5.05. The van der Waals surface area contributed by atoms with E-state index in [1.165, 1.54) is 6.20 Å². The first kappa shape index (κ1) is 19.4. The number of hydrogen-bond acceptors (Lipinski definition) is 7. The number of hydrogen-bond donors (Lipinski definition) is 1.